The number of thioether (sulfide) groups is 1. The molecule has 0 unspecified atom stereocenters. The van der Waals surface area contributed by atoms with Gasteiger partial charge in [0.05, 0.1) is 6.04 Å². The number of hydrogen-bond donors (Lipinski definition) is 2. The lowest BCUT2D eigenvalue weighted by molar-refractivity contribution is -0.150. The summed E-state index contributed by atoms with van der Waals surface area (Å²) >= 11 is 12.8. The van der Waals surface area contributed by atoms with E-state index in [9.17, 15) is 19.5 Å². The third-order valence-electron chi connectivity index (χ3n) is 6.14. The fraction of sp³-hybridized carbons (Fsp3) is 0.556. The summed E-state index contributed by atoms with van der Waals surface area (Å²) < 4.78 is 5.87. The Morgan fingerprint density at radius 3 is 2.46 bits per heavy atom. The lowest BCUT2D eigenvalue weighted by atomic mass is 9.73. The van der Waals surface area contributed by atoms with Gasteiger partial charge in [-0.1, -0.05) is 80.3 Å². The molecule has 2 amide bonds. The highest BCUT2D eigenvalue weighted by Gasteiger charge is 2.51. The van der Waals surface area contributed by atoms with Crippen LogP contribution in [-0.4, -0.2) is 61.1 Å². The second-order valence-corrected chi connectivity index (χ2v) is 12.4. The van der Waals surface area contributed by atoms with Gasteiger partial charge < -0.3 is 15.2 Å². The first-order valence-electron chi connectivity index (χ1n) is 12.3. The molecule has 7 nitrogen and oxygen atoms in total. The van der Waals surface area contributed by atoms with Crippen molar-refractivity contribution in [2.24, 2.45) is 11.8 Å². The molecular formula is C27H37ClN2O5S2. The number of carbonyl (C=O) groups is 3. The van der Waals surface area contributed by atoms with Crippen LogP contribution in [0.3, 0.4) is 0 Å². The maximum Gasteiger partial charge on any atom is 0.408 e. The summed E-state index contributed by atoms with van der Waals surface area (Å²) in [5, 5.41) is 13.1. The maximum atomic E-state index is 13.7. The van der Waals surface area contributed by atoms with E-state index >= 15 is 0 Å². The molecule has 37 heavy (non-hydrogen) atoms. The van der Waals surface area contributed by atoms with E-state index in [1.165, 1.54) is 11.8 Å². The van der Waals surface area contributed by atoms with Crippen LogP contribution in [0.2, 0.25) is 0 Å². The van der Waals surface area contributed by atoms with Gasteiger partial charge >= 0.3 is 12.1 Å². The molecule has 1 heterocycles. The molecule has 3 atom stereocenters. The summed E-state index contributed by atoms with van der Waals surface area (Å²) in [4.78, 5) is 41.0. The minimum atomic E-state index is -1.80. The van der Waals surface area contributed by atoms with Gasteiger partial charge in [0.25, 0.3) is 0 Å². The fourth-order valence-electron chi connectivity index (χ4n) is 4.39. The zero-order valence-electron chi connectivity index (χ0n) is 22.0. The summed E-state index contributed by atoms with van der Waals surface area (Å²) in [5.41, 5.74) is -1.54. The molecule has 1 aliphatic rings. The van der Waals surface area contributed by atoms with Crippen LogP contribution < -0.4 is 5.32 Å². The van der Waals surface area contributed by atoms with E-state index in [4.69, 9.17) is 28.6 Å². The number of nitrogens with zero attached hydrogens (tertiary/aromatic N) is 1. The standard InChI is InChI=1S/C27H37ClN2O5S2/c1-18(2)27(23(32)33,29-24(34)35-26(3,4)5)20(13-9-10-14-28)16-22(31)30-21(17-37-25(30)36)15-19-11-7-6-8-12-19/h6-9,11-13,18,20-21H,10,14-17H2,1-5H3,(H,29,34)(H,32,33)/b13-9+/t20-,21-,27+/m1/s1. The van der Waals surface area contributed by atoms with Crippen LogP contribution in [-0.2, 0) is 20.7 Å². The van der Waals surface area contributed by atoms with Gasteiger partial charge in [0.1, 0.15) is 15.5 Å². The third-order valence-corrected chi connectivity index (χ3v) is 7.90. The van der Waals surface area contributed by atoms with Crippen LogP contribution in [0, 0.1) is 11.8 Å². The van der Waals surface area contributed by atoms with Crippen molar-refractivity contribution < 1.29 is 24.2 Å². The molecule has 2 rings (SSSR count). The summed E-state index contributed by atoms with van der Waals surface area (Å²) in [6.45, 7) is 8.50. The number of allylic oxidation sites excluding steroid dienone is 1. The molecule has 0 aromatic heterocycles. The van der Waals surface area contributed by atoms with Crippen LogP contribution in [0.4, 0.5) is 4.79 Å². The first-order chi connectivity index (χ1) is 17.3. The van der Waals surface area contributed by atoms with Crippen molar-refractivity contribution in [2.75, 3.05) is 11.6 Å². The number of aliphatic carboxylic acids is 1. The van der Waals surface area contributed by atoms with Crippen LogP contribution in [0.25, 0.3) is 0 Å². The van der Waals surface area contributed by atoms with E-state index in [0.717, 1.165) is 5.56 Å². The Balaban J connectivity index is 2.41. The number of carboxylic acid groups (broad SMARTS) is 1. The molecular weight excluding hydrogens is 532 g/mol. The van der Waals surface area contributed by atoms with Crippen molar-refractivity contribution in [1.82, 2.24) is 10.2 Å². The van der Waals surface area contributed by atoms with E-state index in [2.05, 4.69) is 5.32 Å². The van der Waals surface area contributed by atoms with E-state index in [-0.39, 0.29) is 18.4 Å². The molecule has 1 aromatic carbocycles. The number of carbonyl (C=O) groups excluding carboxylic acids is 2. The lowest BCUT2D eigenvalue weighted by Gasteiger charge is -2.40. The second kappa shape index (κ2) is 13.6. The molecule has 0 bridgehead atoms. The van der Waals surface area contributed by atoms with Crippen LogP contribution in [0.5, 0.6) is 0 Å². The molecule has 204 valence electrons. The van der Waals surface area contributed by atoms with E-state index in [0.29, 0.717) is 28.8 Å². The Kier molecular flexibility index (Phi) is 11.5. The quantitative estimate of drug-likeness (QED) is 0.202. The molecule has 2 N–H and O–H groups in total. The summed E-state index contributed by atoms with van der Waals surface area (Å²) in [7, 11) is 0. The smallest absolute Gasteiger partial charge is 0.408 e. The van der Waals surface area contributed by atoms with Gasteiger partial charge in [-0.05, 0) is 45.1 Å². The molecule has 0 radical (unpaired) electrons. The number of ether oxygens (including phenoxy) is 1. The van der Waals surface area contributed by atoms with Crippen LogP contribution in [0.15, 0.2) is 42.5 Å². The average molecular weight is 569 g/mol. The number of alkyl halides is 1. The van der Waals surface area contributed by atoms with E-state index in [1.807, 2.05) is 30.3 Å². The number of hydrogen-bond acceptors (Lipinski definition) is 6. The SMILES string of the molecule is CC(C)[C@@](NC(=O)OC(C)(C)C)(C(=O)O)[C@H](/C=C/CCCl)CC(=O)N1C(=S)SC[C@H]1Cc1ccccc1. The van der Waals surface area contributed by atoms with Gasteiger partial charge in [0.15, 0.2) is 0 Å². The normalized spacial score (nSPS) is 18.6. The minimum absolute atomic E-state index is 0.142. The van der Waals surface area contributed by atoms with Gasteiger partial charge in [-0.3, -0.25) is 9.69 Å². The number of amides is 2. The first kappa shape index (κ1) is 31.1. The number of rotatable bonds is 11. The van der Waals surface area contributed by atoms with Crippen molar-refractivity contribution in [1.29, 1.82) is 0 Å². The largest absolute Gasteiger partial charge is 0.479 e. The summed E-state index contributed by atoms with van der Waals surface area (Å²) in [6, 6.07) is 9.71. The average Bonchev–Trinajstić information content (AvgIpc) is 3.15. The Bertz CT molecular complexity index is 996. The molecule has 0 aliphatic carbocycles. The Labute approximate surface area is 234 Å². The number of carboxylic acids is 1. The maximum absolute atomic E-state index is 13.7. The predicted octanol–water partition coefficient (Wildman–Crippen LogP) is 5.65. The number of halogens is 1. The van der Waals surface area contributed by atoms with Gasteiger partial charge in [-0.15, -0.1) is 11.6 Å². The first-order valence-corrected chi connectivity index (χ1v) is 14.2. The number of thiocarbonyl (C=S) groups is 1. The van der Waals surface area contributed by atoms with E-state index < -0.39 is 35.0 Å². The Morgan fingerprint density at radius 1 is 1.27 bits per heavy atom. The topological polar surface area (TPSA) is 95.9 Å². The zero-order valence-corrected chi connectivity index (χ0v) is 24.4. The fourth-order valence-corrected chi connectivity index (χ4v) is 5.96. The van der Waals surface area contributed by atoms with Gasteiger partial charge in [0, 0.05) is 24.0 Å². The summed E-state index contributed by atoms with van der Waals surface area (Å²) in [6.07, 6.45) is 3.52. The number of nitrogens with one attached hydrogen (secondary N) is 1. The molecule has 10 heteroatoms. The van der Waals surface area contributed by atoms with Crippen molar-refractivity contribution in [3.63, 3.8) is 0 Å². The highest BCUT2D eigenvalue weighted by molar-refractivity contribution is 8.23. The minimum Gasteiger partial charge on any atom is -0.479 e. The van der Waals surface area contributed by atoms with Crippen molar-refractivity contribution in [2.45, 2.75) is 71.1 Å². The van der Waals surface area contributed by atoms with Crippen molar-refractivity contribution in [3.8, 4) is 0 Å². The summed E-state index contributed by atoms with van der Waals surface area (Å²) in [5.74, 6) is -1.98. The second-order valence-electron chi connectivity index (χ2n) is 10.4. The number of benzene rings is 1. The molecule has 0 spiro atoms. The predicted molar refractivity (Wildman–Crippen MR) is 153 cm³/mol. The van der Waals surface area contributed by atoms with Crippen molar-refractivity contribution in [3.05, 3.63) is 48.0 Å². The third kappa shape index (κ3) is 8.45. The molecule has 0 saturated carbocycles. The molecule has 1 aromatic rings. The Morgan fingerprint density at radius 2 is 1.92 bits per heavy atom. The highest BCUT2D eigenvalue weighted by Crippen LogP contribution is 2.35. The molecule has 1 aliphatic heterocycles. The van der Waals surface area contributed by atoms with Gasteiger partial charge in [0.2, 0.25) is 5.91 Å². The monoisotopic (exact) mass is 568 g/mol. The van der Waals surface area contributed by atoms with Crippen LogP contribution in [0.1, 0.15) is 53.0 Å². The van der Waals surface area contributed by atoms with E-state index in [1.54, 1.807) is 51.7 Å². The highest BCUT2D eigenvalue weighted by atomic mass is 35.5. The van der Waals surface area contributed by atoms with Crippen LogP contribution >= 0.6 is 35.6 Å². The molecule has 1 fully saturated rings. The lowest BCUT2D eigenvalue weighted by Crippen LogP contribution is -2.63. The number of alkyl carbamates (subject to hydrolysis) is 1. The van der Waals surface area contributed by atoms with Crippen molar-refractivity contribution >= 4 is 57.9 Å². The zero-order chi connectivity index (χ0) is 27.8. The molecule has 1 saturated heterocycles. The Hall–Kier alpha value is -2.10. The van der Waals surface area contributed by atoms with Gasteiger partial charge in [-0.25, -0.2) is 9.59 Å². The van der Waals surface area contributed by atoms with Gasteiger partial charge in [-0.2, -0.15) is 0 Å².